The number of quaternary nitrogens is 1. The van der Waals surface area contributed by atoms with Gasteiger partial charge in [-0.05, 0) is 49.0 Å². The molecule has 0 saturated carbocycles. The predicted molar refractivity (Wildman–Crippen MR) is 82.3 cm³/mol. The van der Waals surface area contributed by atoms with Crippen molar-refractivity contribution in [1.29, 1.82) is 0 Å². The lowest BCUT2D eigenvalue weighted by atomic mass is 9.71. The second kappa shape index (κ2) is 5.45. The third kappa shape index (κ3) is 3.21. The minimum absolute atomic E-state index is 0.669. The highest BCUT2D eigenvalue weighted by molar-refractivity contribution is 5.09. The molecule has 2 aliphatic heterocycles. The van der Waals surface area contributed by atoms with Crippen LogP contribution in [0.5, 0.6) is 0 Å². The molecular formula is C17H28N3+. The summed E-state index contributed by atoms with van der Waals surface area (Å²) >= 11 is 0. The number of hydrogen-bond donors (Lipinski definition) is 0. The zero-order valence-electron chi connectivity index (χ0n) is 13.0. The monoisotopic (exact) mass is 274 g/mol. The fraction of sp³-hybridized carbons (Fsp3) is 0.706. The molecule has 0 bridgehead atoms. The van der Waals surface area contributed by atoms with Crippen LogP contribution >= 0.6 is 0 Å². The molecule has 110 valence electrons. The molecule has 0 atom stereocenters. The summed E-state index contributed by atoms with van der Waals surface area (Å²) in [7, 11) is 4.76. The summed E-state index contributed by atoms with van der Waals surface area (Å²) in [6.45, 7) is 6.38. The van der Waals surface area contributed by atoms with E-state index >= 15 is 0 Å². The number of aromatic nitrogens is 1. The largest absolute Gasteiger partial charge is 0.328 e. The zero-order chi connectivity index (χ0) is 14.1. The van der Waals surface area contributed by atoms with Crippen molar-refractivity contribution in [3.63, 3.8) is 0 Å². The Balaban J connectivity index is 1.52. The van der Waals surface area contributed by atoms with Crippen LogP contribution in [0.4, 0.5) is 0 Å². The molecule has 0 unspecified atom stereocenters. The van der Waals surface area contributed by atoms with Gasteiger partial charge in [-0.3, -0.25) is 9.88 Å². The minimum atomic E-state index is 0.669. The van der Waals surface area contributed by atoms with Crippen LogP contribution in [0.1, 0.15) is 31.2 Å². The molecular weight excluding hydrogens is 246 g/mol. The first-order valence-electron chi connectivity index (χ1n) is 8.00. The standard InChI is InChI=1S/C17H28N3/c1-20(2)13-7-17(8-14-20)5-11-19(12-6-17)15-16-3-9-18-10-4-16/h3-4,9-10H,5-8,11-15H2,1-2H3/q+1. The summed E-state index contributed by atoms with van der Waals surface area (Å²) < 4.78 is 1.22. The molecule has 0 N–H and O–H groups in total. The molecule has 1 spiro atoms. The predicted octanol–water partition coefficient (Wildman–Crippen LogP) is 2.53. The summed E-state index contributed by atoms with van der Waals surface area (Å²) in [6.07, 6.45) is 9.48. The van der Waals surface area contributed by atoms with Crippen LogP contribution < -0.4 is 0 Å². The van der Waals surface area contributed by atoms with Crippen molar-refractivity contribution >= 4 is 0 Å². The van der Waals surface area contributed by atoms with Crippen molar-refractivity contribution in [2.24, 2.45) is 5.41 Å². The number of hydrogen-bond acceptors (Lipinski definition) is 2. The van der Waals surface area contributed by atoms with Crippen LogP contribution in [0.15, 0.2) is 24.5 Å². The van der Waals surface area contributed by atoms with Crippen molar-refractivity contribution in [2.75, 3.05) is 40.3 Å². The van der Waals surface area contributed by atoms with Gasteiger partial charge in [-0.25, -0.2) is 0 Å². The average molecular weight is 274 g/mol. The molecule has 2 aliphatic rings. The minimum Gasteiger partial charge on any atom is -0.328 e. The summed E-state index contributed by atoms with van der Waals surface area (Å²) in [4.78, 5) is 6.72. The van der Waals surface area contributed by atoms with Crippen molar-refractivity contribution < 1.29 is 4.48 Å². The Morgan fingerprint density at radius 3 is 2.25 bits per heavy atom. The highest BCUT2D eigenvalue weighted by atomic mass is 15.3. The number of pyridine rings is 1. The molecule has 2 saturated heterocycles. The Morgan fingerprint density at radius 1 is 1.05 bits per heavy atom. The van der Waals surface area contributed by atoms with E-state index in [1.165, 1.54) is 61.9 Å². The Bertz CT molecular complexity index is 421. The second-order valence-electron chi connectivity index (χ2n) is 7.51. The lowest BCUT2D eigenvalue weighted by molar-refractivity contribution is -0.897. The zero-order valence-corrected chi connectivity index (χ0v) is 13.0. The van der Waals surface area contributed by atoms with Crippen LogP contribution in [0.3, 0.4) is 0 Å². The highest BCUT2D eigenvalue weighted by Gasteiger charge is 2.40. The van der Waals surface area contributed by atoms with E-state index in [-0.39, 0.29) is 0 Å². The van der Waals surface area contributed by atoms with Gasteiger partial charge >= 0.3 is 0 Å². The molecule has 3 heteroatoms. The van der Waals surface area contributed by atoms with Gasteiger partial charge in [0.05, 0.1) is 27.2 Å². The number of piperidine rings is 2. The smallest absolute Gasteiger partial charge is 0.0787 e. The van der Waals surface area contributed by atoms with E-state index in [4.69, 9.17) is 0 Å². The quantitative estimate of drug-likeness (QED) is 0.771. The van der Waals surface area contributed by atoms with Gasteiger partial charge in [0.25, 0.3) is 0 Å². The number of likely N-dealkylation sites (tertiary alicyclic amines) is 2. The first kappa shape index (κ1) is 14.0. The van der Waals surface area contributed by atoms with Gasteiger partial charge in [0.1, 0.15) is 0 Å². The number of rotatable bonds is 2. The van der Waals surface area contributed by atoms with Crippen molar-refractivity contribution in [2.45, 2.75) is 32.2 Å². The maximum atomic E-state index is 4.10. The van der Waals surface area contributed by atoms with E-state index in [2.05, 4.69) is 36.1 Å². The van der Waals surface area contributed by atoms with E-state index in [9.17, 15) is 0 Å². The molecule has 2 fully saturated rings. The molecule has 3 rings (SSSR count). The molecule has 3 nitrogen and oxygen atoms in total. The molecule has 0 amide bonds. The molecule has 0 aromatic carbocycles. The average Bonchev–Trinajstić information content (AvgIpc) is 2.46. The Hall–Kier alpha value is -0.930. The van der Waals surface area contributed by atoms with Gasteiger partial charge in [-0.15, -0.1) is 0 Å². The molecule has 3 heterocycles. The molecule has 1 aromatic heterocycles. The SMILES string of the molecule is C[N+]1(C)CCC2(CCN(Cc3ccncc3)CC2)CC1. The maximum Gasteiger partial charge on any atom is 0.0787 e. The first-order valence-corrected chi connectivity index (χ1v) is 8.00. The highest BCUT2D eigenvalue weighted by Crippen LogP contribution is 2.42. The normalized spacial score (nSPS) is 25.7. The van der Waals surface area contributed by atoms with Gasteiger partial charge in [-0.2, -0.15) is 0 Å². The Kier molecular flexibility index (Phi) is 3.83. The van der Waals surface area contributed by atoms with Crippen LogP contribution in [0.2, 0.25) is 0 Å². The topological polar surface area (TPSA) is 16.1 Å². The molecule has 20 heavy (non-hydrogen) atoms. The van der Waals surface area contributed by atoms with Crippen molar-refractivity contribution in [1.82, 2.24) is 9.88 Å². The summed E-state index contributed by atoms with van der Waals surface area (Å²) in [5, 5.41) is 0. The van der Waals surface area contributed by atoms with E-state index in [0.29, 0.717) is 5.41 Å². The van der Waals surface area contributed by atoms with Crippen LogP contribution in [-0.4, -0.2) is 54.6 Å². The van der Waals surface area contributed by atoms with Gasteiger partial charge in [0.15, 0.2) is 0 Å². The van der Waals surface area contributed by atoms with E-state index < -0.39 is 0 Å². The fourth-order valence-corrected chi connectivity index (χ4v) is 3.75. The maximum absolute atomic E-state index is 4.10. The van der Waals surface area contributed by atoms with E-state index in [1.807, 2.05) is 12.4 Å². The summed E-state index contributed by atoms with van der Waals surface area (Å²) in [6, 6.07) is 4.29. The third-order valence-corrected chi connectivity index (χ3v) is 5.57. The fourth-order valence-electron chi connectivity index (χ4n) is 3.75. The van der Waals surface area contributed by atoms with Gasteiger partial charge in [-0.1, -0.05) is 0 Å². The van der Waals surface area contributed by atoms with Crippen LogP contribution in [0, 0.1) is 5.41 Å². The summed E-state index contributed by atoms with van der Waals surface area (Å²) in [5.74, 6) is 0. The number of nitrogens with zero attached hydrogens (tertiary/aromatic N) is 3. The van der Waals surface area contributed by atoms with Gasteiger partial charge < -0.3 is 4.48 Å². The van der Waals surface area contributed by atoms with Crippen molar-refractivity contribution in [3.8, 4) is 0 Å². The Labute approximate surface area is 123 Å². The Morgan fingerprint density at radius 2 is 1.65 bits per heavy atom. The van der Waals surface area contributed by atoms with E-state index in [0.717, 1.165) is 6.54 Å². The van der Waals surface area contributed by atoms with E-state index in [1.54, 1.807) is 0 Å². The summed E-state index contributed by atoms with van der Waals surface area (Å²) in [5.41, 5.74) is 2.07. The molecule has 1 aromatic rings. The van der Waals surface area contributed by atoms with Gasteiger partial charge in [0, 0.05) is 31.8 Å². The molecule has 0 radical (unpaired) electrons. The van der Waals surface area contributed by atoms with Crippen LogP contribution in [-0.2, 0) is 6.54 Å². The van der Waals surface area contributed by atoms with Gasteiger partial charge in [0.2, 0.25) is 0 Å². The lowest BCUT2D eigenvalue weighted by Gasteiger charge is -2.48. The lowest BCUT2D eigenvalue weighted by Crippen LogP contribution is -2.52. The molecule has 0 aliphatic carbocycles. The third-order valence-electron chi connectivity index (χ3n) is 5.57. The second-order valence-corrected chi connectivity index (χ2v) is 7.51. The first-order chi connectivity index (χ1) is 9.57. The van der Waals surface area contributed by atoms with Crippen LogP contribution in [0.25, 0.3) is 0 Å². The van der Waals surface area contributed by atoms with Crippen molar-refractivity contribution in [3.05, 3.63) is 30.1 Å².